The molecule has 0 bridgehead atoms. The SMILES string of the molecule is CC(Nc1snc(N)c1C1CC1)c1ccccc1. The number of nitrogens with one attached hydrogen (secondary N) is 1. The van der Waals surface area contributed by atoms with E-state index in [0.29, 0.717) is 11.7 Å². The smallest absolute Gasteiger partial charge is 0.142 e. The first-order valence-electron chi connectivity index (χ1n) is 6.32. The van der Waals surface area contributed by atoms with Crippen molar-refractivity contribution in [3.63, 3.8) is 0 Å². The highest BCUT2D eigenvalue weighted by Crippen LogP contribution is 2.48. The van der Waals surface area contributed by atoms with Gasteiger partial charge in [0.25, 0.3) is 0 Å². The summed E-state index contributed by atoms with van der Waals surface area (Å²) in [4.78, 5) is 0. The van der Waals surface area contributed by atoms with Crippen LogP contribution in [0.3, 0.4) is 0 Å². The van der Waals surface area contributed by atoms with E-state index < -0.39 is 0 Å². The summed E-state index contributed by atoms with van der Waals surface area (Å²) in [6, 6.07) is 10.7. The summed E-state index contributed by atoms with van der Waals surface area (Å²) in [5, 5.41) is 4.69. The van der Waals surface area contributed by atoms with E-state index in [2.05, 4.69) is 40.9 Å². The maximum Gasteiger partial charge on any atom is 0.142 e. The second-order valence-electron chi connectivity index (χ2n) is 4.86. The molecule has 1 atom stereocenters. The zero-order valence-electron chi connectivity index (χ0n) is 10.4. The molecule has 3 rings (SSSR count). The summed E-state index contributed by atoms with van der Waals surface area (Å²) in [6.45, 7) is 2.17. The summed E-state index contributed by atoms with van der Waals surface area (Å²) < 4.78 is 4.28. The molecule has 2 aromatic rings. The minimum atomic E-state index is 0.281. The lowest BCUT2D eigenvalue weighted by atomic mass is 10.1. The minimum Gasteiger partial charge on any atom is -0.383 e. The number of nitrogens with zero attached hydrogens (tertiary/aromatic N) is 1. The van der Waals surface area contributed by atoms with Gasteiger partial charge in [-0.2, -0.15) is 4.37 Å². The summed E-state index contributed by atoms with van der Waals surface area (Å²) >= 11 is 1.48. The van der Waals surface area contributed by atoms with E-state index in [-0.39, 0.29) is 6.04 Å². The van der Waals surface area contributed by atoms with Gasteiger partial charge in [-0.15, -0.1) is 0 Å². The molecule has 3 nitrogen and oxygen atoms in total. The Morgan fingerprint density at radius 1 is 1.33 bits per heavy atom. The third-order valence-electron chi connectivity index (χ3n) is 3.39. The number of hydrogen-bond acceptors (Lipinski definition) is 4. The number of nitrogen functional groups attached to an aromatic ring is 1. The Kier molecular flexibility index (Phi) is 2.96. The van der Waals surface area contributed by atoms with E-state index in [4.69, 9.17) is 5.73 Å². The molecule has 1 aromatic heterocycles. The lowest BCUT2D eigenvalue weighted by Gasteiger charge is -2.15. The van der Waals surface area contributed by atoms with Crippen molar-refractivity contribution < 1.29 is 0 Å². The van der Waals surface area contributed by atoms with Crippen molar-refractivity contribution in [1.29, 1.82) is 0 Å². The number of nitrogens with two attached hydrogens (primary N) is 1. The molecule has 18 heavy (non-hydrogen) atoms. The van der Waals surface area contributed by atoms with Crippen LogP contribution >= 0.6 is 11.5 Å². The average molecular weight is 259 g/mol. The third kappa shape index (κ3) is 2.20. The van der Waals surface area contributed by atoms with Crippen LogP contribution in [0.4, 0.5) is 10.8 Å². The maximum atomic E-state index is 5.96. The first kappa shape index (κ1) is 11.5. The van der Waals surface area contributed by atoms with Gasteiger partial charge in [0.15, 0.2) is 0 Å². The second kappa shape index (κ2) is 4.61. The molecular weight excluding hydrogens is 242 g/mol. The Labute approximate surface area is 111 Å². The van der Waals surface area contributed by atoms with Crippen molar-refractivity contribution in [3.05, 3.63) is 41.5 Å². The molecule has 1 aliphatic rings. The van der Waals surface area contributed by atoms with Crippen molar-refractivity contribution in [2.75, 3.05) is 11.1 Å². The molecule has 4 heteroatoms. The average Bonchev–Trinajstić information content (AvgIpc) is 3.16. The zero-order valence-corrected chi connectivity index (χ0v) is 11.2. The van der Waals surface area contributed by atoms with Gasteiger partial charge in [0.2, 0.25) is 0 Å². The van der Waals surface area contributed by atoms with E-state index in [1.165, 1.54) is 35.5 Å². The number of anilines is 2. The quantitative estimate of drug-likeness (QED) is 0.878. The van der Waals surface area contributed by atoms with Crippen LogP contribution in [0.25, 0.3) is 0 Å². The third-order valence-corrected chi connectivity index (χ3v) is 4.20. The summed E-state index contributed by atoms with van der Waals surface area (Å²) in [5.74, 6) is 1.35. The molecule has 0 aliphatic heterocycles. The van der Waals surface area contributed by atoms with Crippen LogP contribution in [0.15, 0.2) is 30.3 Å². The highest BCUT2D eigenvalue weighted by molar-refractivity contribution is 7.10. The zero-order chi connectivity index (χ0) is 12.5. The molecule has 0 spiro atoms. The van der Waals surface area contributed by atoms with Crippen LogP contribution in [0.2, 0.25) is 0 Å². The molecular formula is C14H17N3S. The van der Waals surface area contributed by atoms with Crippen LogP contribution in [0, 0.1) is 0 Å². The van der Waals surface area contributed by atoms with E-state index in [9.17, 15) is 0 Å². The lowest BCUT2D eigenvalue weighted by Crippen LogP contribution is -2.06. The van der Waals surface area contributed by atoms with Gasteiger partial charge in [0.05, 0.1) is 0 Å². The van der Waals surface area contributed by atoms with Gasteiger partial charge < -0.3 is 11.1 Å². The molecule has 1 aromatic carbocycles. The normalized spacial score (nSPS) is 16.5. The van der Waals surface area contributed by atoms with E-state index in [0.717, 1.165) is 5.00 Å². The highest BCUT2D eigenvalue weighted by atomic mass is 32.1. The number of benzene rings is 1. The standard InChI is InChI=1S/C14H17N3S/c1-9(10-5-3-2-4-6-10)16-14-12(11-7-8-11)13(15)17-18-14/h2-6,9,11,16H,7-8H2,1H3,(H2,15,17). The van der Waals surface area contributed by atoms with Gasteiger partial charge in [-0.3, -0.25) is 0 Å². The van der Waals surface area contributed by atoms with Gasteiger partial charge in [-0.05, 0) is 42.8 Å². The lowest BCUT2D eigenvalue weighted by molar-refractivity contribution is 0.885. The predicted octanol–water partition coefficient (Wildman–Crippen LogP) is 3.78. The second-order valence-corrected chi connectivity index (χ2v) is 5.63. The van der Waals surface area contributed by atoms with E-state index >= 15 is 0 Å². The molecule has 0 saturated heterocycles. The van der Waals surface area contributed by atoms with E-state index in [1.54, 1.807) is 0 Å². The van der Waals surface area contributed by atoms with Crippen molar-refractivity contribution >= 4 is 22.4 Å². The van der Waals surface area contributed by atoms with E-state index in [1.807, 2.05) is 6.07 Å². The van der Waals surface area contributed by atoms with Crippen LogP contribution < -0.4 is 11.1 Å². The largest absolute Gasteiger partial charge is 0.383 e. The molecule has 1 fully saturated rings. The molecule has 1 heterocycles. The number of aromatic nitrogens is 1. The summed E-state index contributed by atoms with van der Waals surface area (Å²) in [5.41, 5.74) is 8.48. The fraction of sp³-hybridized carbons (Fsp3) is 0.357. The van der Waals surface area contributed by atoms with Crippen LogP contribution in [0.5, 0.6) is 0 Å². The van der Waals surface area contributed by atoms with Crippen LogP contribution in [-0.2, 0) is 0 Å². The van der Waals surface area contributed by atoms with Gasteiger partial charge >= 0.3 is 0 Å². The fourth-order valence-corrected chi connectivity index (χ4v) is 3.09. The summed E-state index contributed by atoms with van der Waals surface area (Å²) in [6.07, 6.45) is 2.49. The number of hydrogen-bond donors (Lipinski definition) is 2. The first-order valence-corrected chi connectivity index (χ1v) is 7.09. The Bertz CT molecular complexity index is 531. The Hall–Kier alpha value is -1.55. The Morgan fingerprint density at radius 3 is 2.72 bits per heavy atom. The molecule has 0 amide bonds. The van der Waals surface area contributed by atoms with Crippen LogP contribution in [0.1, 0.15) is 42.9 Å². The molecule has 3 N–H and O–H groups in total. The number of rotatable bonds is 4. The topological polar surface area (TPSA) is 50.9 Å². The monoisotopic (exact) mass is 259 g/mol. The highest BCUT2D eigenvalue weighted by Gasteiger charge is 2.30. The first-order chi connectivity index (χ1) is 8.75. The molecule has 94 valence electrons. The Balaban J connectivity index is 1.80. The predicted molar refractivity (Wildman–Crippen MR) is 77.0 cm³/mol. The van der Waals surface area contributed by atoms with Crippen molar-refractivity contribution in [2.45, 2.75) is 31.7 Å². The maximum absolute atomic E-state index is 5.96. The van der Waals surface area contributed by atoms with Gasteiger partial charge in [0.1, 0.15) is 10.8 Å². The van der Waals surface area contributed by atoms with Crippen molar-refractivity contribution in [1.82, 2.24) is 4.37 Å². The van der Waals surface area contributed by atoms with Gasteiger partial charge in [-0.1, -0.05) is 30.3 Å². The van der Waals surface area contributed by atoms with Crippen LogP contribution in [-0.4, -0.2) is 4.37 Å². The fourth-order valence-electron chi connectivity index (χ4n) is 2.20. The van der Waals surface area contributed by atoms with Crippen molar-refractivity contribution in [3.8, 4) is 0 Å². The summed E-state index contributed by atoms with van der Waals surface area (Å²) in [7, 11) is 0. The molecule has 1 unspecified atom stereocenters. The van der Waals surface area contributed by atoms with Gasteiger partial charge in [0, 0.05) is 11.6 Å². The minimum absolute atomic E-state index is 0.281. The molecule has 1 saturated carbocycles. The Morgan fingerprint density at radius 2 is 2.06 bits per heavy atom. The molecule has 0 radical (unpaired) electrons. The van der Waals surface area contributed by atoms with Crippen molar-refractivity contribution in [2.24, 2.45) is 0 Å². The van der Waals surface area contributed by atoms with Gasteiger partial charge in [-0.25, -0.2) is 0 Å². The molecule has 1 aliphatic carbocycles.